The summed E-state index contributed by atoms with van der Waals surface area (Å²) in [5.74, 6) is 0.213. The molecule has 1 aliphatic rings. The number of ether oxygens (including phenoxy) is 2. The fourth-order valence-corrected chi connectivity index (χ4v) is 4.96. The number of hydrogen-bond donors (Lipinski definition) is 0. The number of fused-ring (bicyclic) bond motifs is 2. The summed E-state index contributed by atoms with van der Waals surface area (Å²) in [6, 6.07) is 9.26. The van der Waals surface area contributed by atoms with Crippen molar-refractivity contribution in [2.45, 2.75) is 32.4 Å². The zero-order valence-corrected chi connectivity index (χ0v) is 19.6. The molecule has 0 N–H and O–H groups in total. The Hall–Kier alpha value is -3.85. The Morgan fingerprint density at radius 1 is 1.03 bits per heavy atom. The Bertz CT molecular complexity index is 1540. The van der Waals surface area contributed by atoms with Gasteiger partial charge in [0.1, 0.15) is 16.9 Å². The monoisotopic (exact) mass is 472 g/mol. The third kappa shape index (κ3) is 3.54. The highest BCUT2D eigenvalue weighted by molar-refractivity contribution is 5.94. The van der Waals surface area contributed by atoms with E-state index in [1.807, 2.05) is 36.0 Å². The van der Waals surface area contributed by atoms with E-state index in [4.69, 9.17) is 9.47 Å². The van der Waals surface area contributed by atoms with Crippen LogP contribution in [0.2, 0.25) is 0 Å². The van der Waals surface area contributed by atoms with Gasteiger partial charge in [0.05, 0.1) is 31.5 Å². The topological polar surface area (TPSA) is 79.9 Å². The second-order valence-corrected chi connectivity index (χ2v) is 8.67. The third-order valence-corrected chi connectivity index (χ3v) is 6.80. The predicted octanol–water partition coefficient (Wildman–Crippen LogP) is 5.03. The van der Waals surface area contributed by atoms with Gasteiger partial charge in [0.2, 0.25) is 0 Å². The average Bonchev–Trinajstić information content (AvgIpc) is 3.53. The standard InChI is InChI=1S/C26H25FN6O2/c1-3-32-14-28-23-20(13-30-31-26(23)32)16-4-6-21(27)19(12-16)18-5-7-22-24(25(18)34-2)29-15-33(22)17-8-10-35-11-9-17/h4-7,12-15,17H,3,8-11H2,1-2H3. The number of hydrogen-bond acceptors (Lipinski definition) is 6. The molecule has 5 aromatic rings. The molecule has 0 amide bonds. The van der Waals surface area contributed by atoms with Crippen LogP contribution in [0.15, 0.2) is 49.2 Å². The normalized spacial score (nSPS) is 14.7. The third-order valence-electron chi connectivity index (χ3n) is 6.80. The second-order valence-electron chi connectivity index (χ2n) is 8.67. The van der Waals surface area contributed by atoms with Gasteiger partial charge >= 0.3 is 0 Å². The molecule has 0 bridgehead atoms. The highest BCUT2D eigenvalue weighted by Gasteiger charge is 2.22. The van der Waals surface area contributed by atoms with Crippen LogP contribution < -0.4 is 4.74 Å². The lowest BCUT2D eigenvalue weighted by Crippen LogP contribution is -2.18. The summed E-state index contributed by atoms with van der Waals surface area (Å²) in [7, 11) is 1.60. The molecule has 178 valence electrons. The van der Waals surface area contributed by atoms with E-state index in [0.717, 1.165) is 60.3 Å². The fourth-order valence-electron chi connectivity index (χ4n) is 4.96. The van der Waals surface area contributed by atoms with Gasteiger partial charge in [-0.25, -0.2) is 14.4 Å². The van der Waals surface area contributed by atoms with Crippen molar-refractivity contribution in [2.24, 2.45) is 0 Å². The number of imidazole rings is 2. The van der Waals surface area contributed by atoms with Crippen molar-refractivity contribution in [1.29, 1.82) is 0 Å². The molecule has 0 radical (unpaired) electrons. The molecule has 1 aliphatic heterocycles. The van der Waals surface area contributed by atoms with Crippen molar-refractivity contribution >= 4 is 22.2 Å². The van der Waals surface area contributed by atoms with Crippen molar-refractivity contribution in [3.63, 3.8) is 0 Å². The summed E-state index contributed by atoms with van der Waals surface area (Å²) >= 11 is 0. The van der Waals surface area contributed by atoms with E-state index in [1.165, 1.54) is 6.07 Å². The van der Waals surface area contributed by atoms with E-state index < -0.39 is 0 Å². The molecule has 3 aromatic heterocycles. The smallest absolute Gasteiger partial charge is 0.183 e. The van der Waals surface area contributed by atoms with Crippen LogP contribution in [-0.4, -0.2) is 49.6 Å². The van der Waals surface area contributed by atoms with Crippen LogP contribution in [0.25, 0.3) is 44.5 Å². The number of methoxy groups -OCH3 is 1. The predicted molar refractivity (Wildman–Crippen MR) is 131 cm³/mol. The van der Waals surface area contributed by atoms with Gasteiger partial charge in [0.15, 0.2) is 11.4 Å². The minimum atomic E-state index is -0.340. The SMILES string of the molecule is CCn1cnc2c(-c3ccc(F)c(-c4ccc5c(ncn5C5CCOCC5)c4OC)c3)cnnc21. The first-order chi connectivity index (χ1) is 17.2. The van der Waals surface area contributed by atoms with E-state index in [1.54, 1.807) is 25.7 Å². The molecule has 8 nitrogen and oxygen atoms in total. The van der Waals surface area contributed by atoms with Gasteiger partial charge in [-0.1, -0.05) is 6.07 Å². The van der Waals surface area contributed by atoms with Crippen molar-refractivity contribution in [1.82, 2.24) is 29.3 Å². The number of nitrogens with zero attached hydrogens (tertiary/aromatic N) is 6. The van der Waals surface area contributed by atoms with Gasteiger partial charge in [-0.2, -0.15) is 5.10 Å². The maximum absolute atomic E-state index is 15.2. The lowest BCUT2D eigenvalue weighted by atomic mass is 9.97. The summed E-state index contributed by atoms with van der Waals surface area (Å²) in [5.41, 5.74) is 5.81. The summed E-state index contributed by atoms with van der Waals surface area (Å²) in [4.78, 5) is 9.19. The minimum absolute atomic E-state index is 0.328. The number of benzene rings is 2. The number of rotatable bonds is 5. The van der Waals surface area contributed by atoms with Crippen LogP contribution in [0.4, 0.5) is 4.39 Å². The Kier molecular flexibility index (Phi) is 5.41. The molecule has 0 saturated carbocycles. The van der Waals surface area contributed by atoms with Crippen LogP contribution in [0, 0.1) is 5.82 Å². The Balaban J connectivity index is 1.48. The van der Waals surface area contributed by atoms with Gasteiger partial charge in [-0.15, -0.1) is 5.10 Å². The maximum Gasteiger partial charge on any atom is 0.183 e. The summed E-state index contributed by atoms with van der Waals surface area (Å²) in [6.07, 6.45) is 7.15. The molecule has 1 fully saturated rings. The van der Waals surface area contributed by atoms with Gasteiger partial charge < -0.3 is 18.6 Å². The molecule has 0 unspecified atom stereocenters. The van der Waals surface area contributed by atoms with E-state index >= 15 is 4.39 Å². The van der Waals surface area contributed by atoms with E-state index in [2.05, 4.69) is 24.7 Å². The van der Waals surface area contributed by atoms with E-state index in [9.17, 15) is 0 Å². The maximum atomic E-state index is 15.2. The van der Waals surface area contributed by atoms with Crippen LogP contribution in [0.5, 0.6) is 5.75 Å². The zero-order valence-electron chi connectivity index (χ0n) is 19.6. The highest BCUT2D eigenvalue weighted by Crippen LogP contribution is 2.40. The van der Waals surface area contributed by atoms with Crippen LogP contribution in [0.3, 0.4) is 0 Å². The van der Waals surface area contributed by atoms with Gasteiger partial charge in [-0.05, 0) is 49.6 Å². The molecule has 4 heterocycles. The molecule has 0 aliphatic carbocycles. The fraction of sp³-hybridized carbons (Fsp3) is 0.308. The molecule has 6 rings (SSSR count). The first-order valence-electron chi connectivity index (χ1n) is 11.8. The van der Waals surface area contributed by atoms with Gasteiger partial charge in [0, 0.05) is 42.5 Å². The van der Waals surface area contributed by atoms with Gasteiger partial charge in [-0.3, -0.25) is 0 Å². The number of aryl methyl sites for hydroxylation is 1. The second kappa shape index (κ2) is 8.74. The molecular formula is C26H25FN6O2. The van der Waals surface area contributed by atoms with E-state index in [-0.39, 0.29) is 5.82 Å². The van der Waals surface area contributed by atoms with Gasteiger partial charge in [0.25, 0.3) is 0 Å². The molecule has 35 heavy (non-hydrogen) atoms. The quantitative estimate of drug-likeness (QED) is 0.357. The molecular weight excluding hydrogens is 447 g/mol. The molecule has 0 spiro atoms. The first-order valence-corrected chi connectivity index (χ1v) is 11.8. The molecule has 1 saturated heterocycles. The van der Waals surface area contributed by atoms with Crippen molar-refractivity contribution < 1.29 is 13.9 Å². The van der Waals surface area contributed by atoms with Crippen molar-refractivity contribution in [3.05, 3.63) is 55.0 Å². The number of halogens is 1. The molecule has 2 aromatic carbocycles. The molecule has 0 atom stereocenters. The van der Waals surface area contributed by atoms with Crippen LogP contribution in [0.1, 0.15) is 25.8 Å². The first kappa shape index (κ1) is 21.7. The van der Waals surface area contributed by atoms with Crippen molar-refractivity contribution in [3.8, 4) is 28.0 Å². The molecule has 9 heteroatoms. The highest BCUT2D eigenvalue weighted by atomic mass is 19.1. The Morgan fingerprint density at radius 3 is 2.66 bits per heavy atom. The Morgan fingerprint density at radius 2 is 1.86 bits per heavy atom. The Labute approximate surface area is 201 Å². The summed E-state index contributed by atoms with van der Waals surface area (Å²) in [5, 5.41) is 8.40. The van der Waals surface area contributed by atoms with Crippen LogP contribution >= 0.6 is 0 Å². The number of aromatic nitrogens is 6. The minimum Gasteiger partial charge on any atom is -0.494 e. The lowest BCUT2D eigenvalue weighted by Gasteiger charge is -2.24. The average molecular weight is 473 g/mol. The summed E-state index contributed by atoms with van der Waals surface area (Å²) < 4.78 is 30.6. The van der Waals surface area contributed by atoms with Crippen molar-refractivity contribution in [2.75, 3.05) is 20.3 Å². The lowest BCUT2D eigenvalue weighted by molar-refractivity contribution is 0.0706. The van der Waals surface area contributed by atoms with Crippen LogP contribution in [-0.2, 0) is 11.3 Å². The summed E-state index contributed by atoms with van der Waals surface area (Å²) in [6.45, 7) is 4.24. The largest absolute Gasteiger partial charge is 0.494 e. The van der Waals surface area contributed by atoms with E-state index in [0.29, 0.717) is 28.6 Å². The zero-order chi connectivity index (χ0) is 23.9.